The first-order chi connectivity index (χ1) is 8.77. The van der Waals surface area contributed by atoms with E-state index < -0.39 is 0 Å². The number of alkyl halides is 1. The van der Waals surface area contributed by atoms with Gasteiger partial charge in [0.15, 0.2) is 0 Å². The molecule has 0 heterocycles. The highest BCUT2D eigenvalue weighted by molar-refractivity contribution is 6.21. The van der Waals surface area contributed by atoms with Crippen molar-refractivity contribution in [2.75, 3.05) is 0 Å². The van der Waals surface area contributed by atoms with Crippen LogP contribution in [-0.2, 0) is 12.8 Å². The maximum atomic E-state index is 6.80. The smallest absolute Gasteiger partial charge is 0.0624 e. The van der Waals surface area contributed by atoms with E-state index in [2.05, 4.69) is 59.7 Å². The van der Waals surface area contributed by atoms with Gasteiger partial charge in [0.25, 0.3) is 0 Å². The zero-order chi connectivity index (χ0) is 14.4. The Morgan fingerprint density at radius 1 is 1.00 bits per heavy atom. The quantitative estimate of drug-likeness (QED) is 0.613. The maximum Gasteiger partial charge on any atom is 0.0624 e. The van der Waals surface area contributed by atoms with Crippen LogP contribution in [0, 0.1) is 16.7 Å². The molecule has 1 saturated carbocycles. The summed E-state index contributed by atoms with van der Waals surface area (Å²) in [6.07, 6.45) is 2.20. The highest BCUT2D eigenvalue weighted by Crippen LogP contribution is 2.73. The number of halogens is 1. The minimum atomic E-state index is 0.140. The molecule has 1 fully saturated rings. The molecule has 106 valence electrons. The van der Waals surface area contributed by atoms with Crippen molar-refractivity contribution in [2.45, 2.75) is 59.8 Å². The lowest BCUT2D eigenvalue weighted by atomic mass is 9.95. The standard InChI is InChI=1S/C18H27Cl/c1-7-12-9-10-14(11-13(12)8-2)15(19)16-17(3,4)18(16,5)6/h9-11,15-16H,7-8H2,1-6H3. The molecule has 1 atom stereocenters. The van der Waals surface area contributed by atoms with Crippen LogP contribution in [0.2, 0.25) is 0 Å². The van der Waals surface area contributed by atoms with Gasteiger partial charge in [-0.2, -0.15) is 0 Å². The van der Waals surface area contributed by atoms with E-state index in [0.717, 1.165) is 12.8 Å². The fraction of sp³-hybridized carbons (Fsp3) is 0.667. The maximum absolute atomic E-state index is 6.80. The minimum absolute atomic E-state index is 0.140. The van der Waals surface area contributed by atoms with E-state index in [9.17, 15) is 0 Å². The molecule has 1 aromatic rings. The molecule has 0 bridgehead atoms. The van der Waals surface area contributed by atoms with E-state index in [4.69, 9.17) is 11.6 Å². The second-order valence-electron chi connectivity index (χ2n) is 7.06. The molecule has 0 saturated heterocycles. The minimum Gasteiger partial charge on any atom is -0.117 e. The Hall–Kier alpha value is -0.490. The Labute approximate surface area is 123 Å². The summed E-state index contributed by atoms with van der Waals surface area (Å²) < 4.78 is 0. The Kier molecular flexibility index (Phi) is 3.77. The third-order valence-electron chi connectivity index (χ3n) is 5.74. The molecule has 0 N–H and O–H groups in total. The van der Waals surface area contributed by atoms with Crippen molar-refractivity contribution in [3.63, 3.8) is 0 Å². The average molecular weight is 279 g/mol. The van der Waals surface area contributed by atoms with Crippen molar-refractivity contribution in [2.24, 2.45) is 16.7 Å². The fourth-order valence-electron chi connectivity index (χ4n) is 3.66. The normalized spacial score (nSPS) is 22.3. The van der Waals surface area contributed by atoms with Crippen molar-refractivity contribution in [1.82, 2.24) is 0 Å². The first-order valence-electron chi connectivity index (χ1n) is 7.53. The molecule has 0 aliphatic heterocycles. The highest BCUT2D eigenvalue weighted by Gasteiger charge is 2.67. The number of rotatable bonds is 4. The first kappa shape index (κ1) is 14.9. The van der Waals surface area contributed by atoms with E-state index in [1.54, 1.807) is 0 Å². The lowest BCUT2D eigenvalue weighted by molar-refractivity contribution is 0.457. The average Bonchev–Trinajstić information content (AvgIpc) is 2.78. The summed E-state index contributed by atoms with van der Waals surface area (Å²) in [6.45, 7) is 13.8. The van der Waals surface area contributed by atoms with E-state index in [1.165, 1.54) is 16.7 Å². The van der Waals surface area contributed by atoms with Gasteiger partial charge in [-0.1, -0.05) is 59.7 Å². The zero-order valence-corrected chi connectivity index (χ0v) is 13.9. The third-order valence-corrected chi connectivity index (χ3v) is 6.24. The summed E-state index contributed by atoms with van der Waals surface area (Å²) in [6, 6.07) is 6.84. The molecule has 0 nitrogen and oxygen atoms in total. The van der Waals surface area contributed by atoms with Crippen LogP contribution in [0.4, 0.5) is 0 Å². The van der Waals surface area contributed by atoms with Gasteiger partial charge in [-0.3, -0.25) is 0 Å². The predicted octanol–water partition coefficient (Wildman–Crippen LogP) is 5.77. The van der Waals surface area contributed by atoms with Gasteiger partial charge in [-0.05, 0) is 46.3 Å². The highest BCUT2D eigenvalue weighted by atomic mass is 35.5. The van der Waals surface area contributed by atoms with Gasteiger partial charge in [0.2, 0.25) is 0 Å². The molecule has 1 heteroatoms. The SMILES string of the molecule is CCc1ccc(C(Cl)C2C(C)(C)C2(C)C)cc1CC. The van der Waals surface area contributed by atoms with Crippen LogP contribution in [0.5, 0.6) is 0 Å². The lowest BCUT2D eigenvalue weighted by Gasteiger charge is -2.15. The van der Waals surface area contributed by atoms with Gasteiger partial charge in [0.05, 0.1) is 5.38 Å². The van der Waals surface area contributed by atoms with E-state index in [1.807, 2.05) is 0 Å². The number of hydrogen-bond donors (Lipinski definition) is 0. The van der Waals surface area contributed by atoms with Gasteiger partial charge in [0, 0.05) is 0 Å². The molecule has 0 radical (unpaired) electrons. The molecule has 2 rings (SSSR count). The Bertz CT molecular complexity index is 457. The van der Waals surface area contributed by atoms with Crippen LogP contribution >= 0.6 is 11.6 Å². The van der Waals surface area contributed by atoms with Gasteiger partial charge < -0.3 is 0 Å². The van der Waals surface area contributed by atoms with Crippen LogP contribution in [0.15, 0.2) is 18.2 Å². The van der Waals surface area contributed by atoms with Crippen molar-refractivity contribution >= 4 is 11.6 Å². The largest absolute Gasteiger partial charge is 0.117 e. The van der Waals surface area contributed by atoms with Crippen LogP contribution in [0.3, 0.4) is 0 Å². The van der Waals surface area contributed by atoms with Crippen LogP contribution < -0.4 is 0 Å². The molecule has 1 unspecified atom stereocenters. The third kappa shape index (κ3) is 2.23. The van der Waals surface area contributed by atoms with E-state index >= 15 is 0 Å². The summed E-state index contributed by atoms with van der Waals surface area (Å²) in [4.78, 5) is 0. The van der Waals surface area contributed by atoms with Crippen LogP contribution in [-0.4, -0.2) is 0 Å². The van der Waals surface area contributed by atoms with Crippen molar-refractivity contribution in [3.8, 4) is 0 Å². The van der Waals surface area contributed by atoms with Crippen LogP contribution in [0.25, 0.3) is 0 Å². The monoisotopic (exact) mass is 278 g/mol. The van der Waals surface area contributed by atoms with Gasteiger partial charge >= 0.3 is 0 Å². The molecule has 1 aliphatic carbocycles. The summed E-state index contributed by atoms with van der Waals surface area (Å²) in [5.74, 6) is 0.568. The van der Waals surface area contributed by atoms with E-state index in [0.29, 0.717) is 16.7 Å². The van der Waals surface area contributed by atoms with Gasteiger partial charge in [0.1, 0.15) is 0 Å². The second kappa shape index (κ2) is 4.81. The van der Waals surface area contributed by atoms with Crippen molar-refractivity contribution < 1.29 is 0 Å². The second-order valence-corrected chi connectivity index (χ2v) is 7.53. The summed E-state index contributed by atoms with van der Waals surface area (Å²) >= 11 is 6.80. The van der Waals surface area contributed by atoms with Gasteiger partial charge in [-0.25, -0.2) is 0 Å². The lowest BCUT2D eigenvalue weighted by Crippen LogP contribution is -2.02. The fourth-order valence-corrected chi connectivity index (χ4v) is 4.43. The molecule has 0 spiro atoms. The number of aryl methyl sites for hydroxylation is 2. The topological polar surface area (TPSA) is 0 Å². The first-order valence-corrected chi connectivity index (χ1v) is 7.96. The van der Waals surface area contributed by atoms with Crippen LogP contribution in [0.1, 0.15) is 63.6 Å². The van der Waals surface area contributed by atoms with Crippen molar-refractivity contribution in [1.29, 1.82) is 0 Å². The Balaban J connectivity index is 2.29. The molecule has 0 amide bonds. The predicted molar refractivity (Wildman–Crippen MR) is 84.8 cm³/mol. The molecule has 1 aromatic carbocycles. The molecule has 0 aromatic heterocycles. The summed E-state index contributed by atoms with van der Waals surface area (Å²) in [7, 11) is 0. The van der Waals surface area contributed by atoms with E-state index in [-0.39, 0.29) is 5.38 Å². The number of benzene rings is 1. The molecule has 19 heavy (non-hydrogen) atoms. The molecule has 1 aliphatic rings. The molecular formula is C18H27Cl. The summed E-state index contributed by atoms with van der Waals surface area (Å²) in [5.41, 5.74) is 4.91. The Morgan fingerprint density at radius 3 is 1.95 bits per heavy atom. The Morgan fingerprint density at radius 2 is 1.53 bits per heavy atom. The zero-order valence-electron chi connectivity index (χ0n) is 13.2. The number of hydrogen-bond acceptors (Lipinski definition) is 0. The van der Waals surface area contributed by atoms with Gasteiger partial charge in [-0.15, -0.1) is 11.6 Å². The summed E-state index contributed by atoms with van der Waals surface area (Å²) in [5, 5.41) is 0.140. The molecular weight excluding hydrogens is 252 g/mol. The van der Waals surface area contributed by atoms with Crippen molar-refractivity contribution in [3.05, 3.63) is 34.9 Å².